The van der Waals surface area contributed by atoms with Crippen molar-refractivity contribution in [2.45, 2.75) is 33.4 Å². The van der Waals surface area contributed by atoms with Crippen LogP contribution in [0.25, 0.3) is 10.9 Å². The number of hydrogen-bond acceptors (Lipinski definition) is 2. The molecular weight excluding hydrogens is 286 g/mol. The summed E-state index contributed by atoms with van der Waals surface area (Å²) in [5.41, 5.74) is 3.73. The van der Waals surface area contributed by atoms with Crippen molar-refractivity contribution in [3.05, 3.63) is 59.8 Å². The van der Waals surface area contributed by atoms with Crippen LogP contribution in [0.3, 0.4) is 0 Å². The molecule has 0 atom stereocenters. The van der Waals surface area contributed by atoms with E-state index in [2.05, 4.69) is 49.6 Å². The minimum atomic E-state index is 0.393. The number of methoxy groups -OCH3 is 1. The van der Waals surface area contributed by atoms with Crippen molar-refractivity contribution in [1.29, 1.82) is 0 Å². The normalized spacial score (nSPS) is 11.2. The fourth-order valence-corrected chi connectivity index (χ4v) is 2.96. The number of nitrogens with zero attached hydrogens (tertiary/aromatic N) is 1. The molecule has 0 saturated carbocycles. The lowest BCUT2D eigenvalue weighted by Gasteiger charge is -2.15. The zero-order valence-electron chi connectivity index (χ0n) is 14.2. The van der Waals surface area contributed by atoms with Gasteiger partial charge in [-0.3, -0.25) is 0 Å². The first-order chi connectivity index (χ1) is 11.1. The first kappa shape index (κ1) is 15.5. The highest BCUT2D eigenvalue weighted by molar-refractivity contribution is 5.82. The second-order valence-corrected chi connectivity index (χ2v) is 6.13. The van der Waals surface area contributed by atoms with Gasteiger partial charge in [-0.05, 0) is 63.2 Å². The van der Waals surface area contributed by atoms with E-state index in [4.69, 9.17) is 9.47 Å². The lowest BCUT2D eigenvalue weighted by Crippen LogP contribution is -2.08. The maximum absolute atomic E-state index is 5.97. The molecule has 0 aliphatic heterocycles. The number of fused-ring (bicyclic) bond motifs is 1. The Labute approximate surface area is 137 Å². The minimum absolute atomic E-state index is 0.393. The summed E-state index contributed by atoms with van der Waals surface area (Å²) in [6, 6.07) is 16.9. The Morgan fingerprint density at radius 1 is 0.957 bits per heavy atom. The van der Waals surface area contributed by atoms with Gasteiger partial charge in [-0.25, -0.2) is 0 Å². The minimum Gasteiger partial charge on any atom is -0.497 e. The molecule has 1 aromatic heterocycles. The molecule has 0 aliphatic carbocycles. The molecule has 1 heterocycles. The standard InChI is InChI=1S/C20H23NO2/c1-14(2)21-17(12-16-11-15(3)5-10-20(16)21)13-23-19-8-6-18(22-4)7-9-19/h5-12,14H,13H2,1-4H3. The largest absolute Gasteiger partial charge is 0.497 e. The van der Waals surface area contributed by atoms with E-state index in [9.17, 15) is 0 Å². The molecule has 0 bridgehead atoms. The molecule has 0 N–H and O–H groups in total. The molecule has 0 aliphatic rings. The van der Waals surface area contributed by atoms with E-state index in [-0.39, 0.29) is 0 Å². The van der Waals surface area contributed by atoms with Crippen molar-refractivity contribution >= 4 is 10.9 Å². The van der Waals surface area contributed by atoms with E-state index in [0.717, 1.165) is 11.5 Å². The van der Waals surface area contributed by atoms with Crippen molar-refractivity contribution in [2.24, 2.45) is 0 Å². The average Bonchev–Trinajstić information content (AvgIpc) is 2.91. The van der Waals surface area contributed by atoms with Gasteiger partial charge < -0.3 is 14.0 Å². The molecule has 2 aromatic carbocycles. The van der Waals surface area contributed by atoms with Crippen LogP contribution >= 0.6 is 0 Å². The Bertz CT molecular complexity index is 800. The Balaban J connectivity index is 1.87. The van der Waals surface area contributed by atoms with E-state index in [1.165, 1.54) is 22.2 Å². The summed E-state index contributed by atoms with van der Waals surface area (Å²) in [5.74, 6) is 1.69. The SMILES string of the molecule is COc1ccc(OCc2cc3cc(C)ccc3n2C(C)C)cc1. The van der Waals surface area contributed by atoms with Crippen molar-refractivity contribution in [3.63, 3.8) is 0 Å². The van der Waals surface area contributed by atoms with Gasteiger partial charge in [0.25, 0.3) is 0 Å². The first-order valence-corrected chi connectivity index (χ1v) is 7.96. The zero-order chi connectivity index (χ0) is 16.4. The predicted octanol–water partition coefficient (Wildman–Crippen LogP) is 5.12. The Kier molecular flexibility index (Phi) is 4.28. The molecule has 0 spiro atoms. The average molecular weight is 309 g/mol. The molecule has 3 nitrogen and oxygen atoms in total. The van der Waals surface area contributed by atoms with Crippen LogP contribution < -0.4 is 9.47 Å². The van der Waals surface area contributed by atoms with Crippen LogP contribution in [0.1, 0.15) is 31.1 Å². The van der Waals surface area contributed by atoms with Gasteiger partial charge in [0.1, 0.15) is 18.1 Å². The lowest BCUT2D eigenvalue weighted by atomic mass is 10.2. The Morgan fingerprint density at radius 3 is 2.30 bits per heavy atom. The third-order valence-electron chi connectivity index (χ3n) is 4.04. The van der Waals surface area contributed by atoms with Crippen LogP contribution in [0.2, 0.25) is 0 Å². The molecule has 3 rings (SSSR count). The molecule has 0 saturated heterocycles. The number of rotatable bonds is 5. The summed E-state index contributed by atoms with van der Waals surface area (Å²) >= 11 is 0. The number of ether oxygens (including phenoxy) is 2. The Hall–Kier alpha value is -2.42. The van der Waals surface area contributed by atoms with Crippen LogP contribution in [-0.4, -0.2) is 11.7 Å². The maximum Gasteiger partial charge on any atom is 0.128 e. The van der Waals surface area contributed by atoms with Crippen molar-refractivity contribution in [2.75, 3.05) is 7.11 Å². The third kappa shape index (κ3) is 3.19. The second-order valence-electron chi connectivity index (χ2n) is 6.13. The van der Waals surface area contributed by atoms with E-state index >= 15 is 0 Å². The molecule has 23 heavy (non-hydrogen) atoms. The molecule has 0 amide bonds. The molecular formula is C20H23NO2. The highest BCUT2D eigenvalue weighted by Gasteiger charge is 2.12. The van der Waals surface area contributed by atoms with Crippen molar-refractivity contribution < 1.29 is 9.47 Å². The predicted molar refractivity (Wildman–Crippen MR) is 94.4 cm³/mol. The maximum atomic E-state index is 5.97. The smallest absolute Gasteiger partial charge is 0.128 e. The van der Waals surface area contributed by atoms with Crippen LogP contribution in [0, 0.1) is 6.92 Å². The van der Waals surface area contributed by atoms with Crippen molar-refractivity contribution in [3.8, 4) is 11.5 Å². The molecule has 0 radical (unpaired) electrons. The lowest BCUT2D eigenvalue weighted by molar-refractivity contribution is 0.292. The summed E-state index contributed by atoms with van der Waals surface area (Å²) in [5, 5.41) is 1.27. The van der Waals surface area contributed by atoms with Gasteiger partial charge in [0.15, 0.2) is 0 Å². The first-order valence-electron chi connectivity index (χ1n) is 7.96. The topological polar surface area (TPSA) is 23.4 Å². The quantitative estimate of drug-likeness (QED) is 0.653. The van der Waals surface area contributed by atoms with Gasteiger partial charge in [-0.1, -0.05) is 11.6 Å². The van der Waals surface area contributed by atoms with Crippen molar-refractivity contribution in [1.82, 2.24) is 4.57 Å². The Morgan fingerprint density at radius 2 is 1.65 bits per heavy atom. The van der Waals surface area contributed by atoms with Gasteiger partial charge >= 0.3 is 0 Å². The molecule has 0 fully saturated rings. The van der Waals surface area contributed by atoms with Crippen LogP contribution in [0.4, 0.5) is 0 Å². The third-order valence-corrected chi connectivity index (χ3v) is 4.04. The van der Waals surface area contributed by atoms with Crippen LogP contribution in [0.15, 0.2) is 48.5 Å². The van der Waals surface area contributed by atoms with Crippen LogP contribution in [-0.2, 0) is 6.61 Å². The zero-order valence-corrected chi connectivity index (χ0v) is 14.2. The highest BCUT2D eigenvalue weighted by Crippen LogP contribution is 2.26. The second kappa shape index (κ2) is 6.37. The van der Waals surface area contributed by atoms with E-state index < -0.39 is 0 Å². The summed E-state index contributed by atoms with van der Waals surface area (Å²) in [6.45, 7) is 7.09. The fraction of sp³-hybridized carbons (Fsp3) is 0.300. The number of benzene rings is 2. The number of aromatic nitrogens is 1. The van der Waals surface area contributed by atoms with Gasteiger partial charge in [0.05, 0.1) is 12.8 Å². The molecule has 3 aromatic rings. The fourth-order valence-electron chi connectivity index (χ4n) is 2.96. The highest BCUT2D eigenvalue weighted by atomic mass is 16.5. The monoisotopic (exact) mass is 309 g/mol. The van der Waals surface area contributed by atoms with Crippen LogP contribution in [0.5, 0.6) is 11.5 Å². The molecule has 3 heteroatoms. The van der Waals surface area contributed by atoms with E-state index in [1.807, 2.05) is 24.3 Å². The summed E-state index contributed by atoms with van der Waals surface area (Å²) < 4.78 is 13.5. The van der Waals surface area contributed by atoms with E-state index in [1.54, 1.807) is 7.11 Å². The van der Waals surface area contributed by atoms with Gasteiger partial charge in [0.2, 0.25) is 0 Å². The van der Waals surface area contributed by atoms with Gasteiger partial charge in [0, 0.05) is 16.9 Å². The van der Waals surface area contributed by atoms with Gasteiger partial charge in [-0.15, -0.1) is 0 Å². The van der Waals surface area contributed by atoms with Gasteiger partial charge in [-0.2, -0.15) is 0 Å². The summed E-state index contributed by atoms with van der Waals surface area (Å²) in [7, 11) is 1.67. The number of aryl methyl sites for hydroxylation is 1. The number of hydrogen-bond donors (Lipinski definition) is 0. The summed E-state index contributed by atoms with van der Waals surface area (Å²) in [6.07, 6.45) is 0. The molecule has 120 valence electrons. The molecule has 0 unspecified atom stereocenters. The summed E-state index contributed by atoms with van der Waals surface area (Å²) in [4.78, 5) is 0. The van der Waals surface area contributed by atoms with E-state index in [0.29, 0.717) is 12.6 Å².